The van der Waals surface area contributed by atoms with Crippen molar-refractivity contribution in [2.24, 2.45) is 11.5 Å². The highest BCUT2D eigenvalue weighted by molar-refractivity contribution is 5.95. The van der Waals surface area contributed by atoms with E-state index in [1.54, 1.807) is 24.5 Å². The molecule has 1 aromatic heterocycles. The summed E-state index contributed by atoms with van der Waals surface area (Å²) in [5.41, 5.74) is 11.0. The summed E-state index contributed by atoms with van der Waals surface area (Å²) in [6, 6.07) is 3.53. The fraction of sp³-hybridized carbons (Fsp3) is 0. The van der Waals surface area contributed by atoms with Gasteiger partial charge in [0.1, 0.15) is 0 Å². The topological polar surface area (TPSA) is 82.0 Å². The number of hydrogen-bond donors (Lipinski definition) is 2. The van der Waals surface area contributed by atoms with Gasteiger partial charge in [0.15, 0.2) is 0 Å². The quantitative estimate of drug-likeness (QED) is 0.595. The van der Waals surface area contributed by atoms with Crippen molar-refractivity contribution in [1.29, 1.82) is 0 Å². The Morgan fingerprint density at radius 2 is 2.25 bits per heavy atom. The molecule has 0 unspecified atom stereocenters. The molecule has 4 heteroatoms. The number of amides is 1. The molecule has 1 heterocycles. The number of rotatable bonds is 2. The Labute approximate surface area is 69.9 Å². The van der Waals surface area contributed by atoms with Crippen LogP contribution >= 0.6 is 0 Å². The van der Waals surface area contributed by atoms with E-state index in [2.05, 4.69) is 4.98 Å². The van der Waals surface area contributed by atoms with Crippen molar-refractivity contribution in [1.82, 2.24) is 4.98 Å². The van der Waals surface area contributed by atoms with Gasteiger partial charge in [-0.15, -0.1) is 0 Å². The van der Waals surface area contributed by atoms with Crippen LogP contribution in [0, 0.1) is 0 Å². The summed E-state index contributed by atoms with van der Waals surface area (Å²) < 4.78 is 0. The van der Waals surface area contributed by atoms with Gasteiger partial charge in [-0.1, -0.05) is 6.07 Å². The normalized spacial score (nSPS) is 11.2. The average molecular weight is 163 g/mol. The highest BCUT2D eigenvalue weighted by Crippen LogP contribution is 2.00. The van der Waals surface area contributed by atoms with Gasteiger partial charge in [-0.3, -0.25) is 9.78 Å². The summed E-state index contributed by atoms with van der Waals surface area (Å²) in [6.45, 7) is 0. The zero-order valence-corrected chi connectivity index (χ0v) is 6.40. The number of nitrogens with zero attached hydrogens (tertiary/aromatic N) is 1. The SMILES string of the molecule is NC(=O)C(N)=Cc1cccnc1. The molecule has 0 aliphatic heterocycles. The van der Waals surface area contributed by atoms with Crippen LogP contribution in [0.1, 0.15) is 5.56 Å². The molecule has 12 heavy (non-hydrogen) atoms. The van der Waals surface area contributed by atoms with Gasteiger partial charge in [0.2, 0.25) is 0 Å². The number of primary amides is 1. The number of carbonyl (C=O) groups excluding carboxylic acids is 1. The number of hydrogen-bond acceptors (Lipinski definition) is 3. The van der Waals surface area contributed by atoms with Gasteiger partial charge in [-0.2, -0.15) is 0 Å². The molecule has 62 valence electrons. The smallest absolute Gasteiger partial charge is 0.264 e. The zero-order valence-electron chi connectivity index (χ0n) is 6.40. The number of nitrogens with two attached hydrogens (primary N) is 2. The first-order chi connectivity index (χ1) is 5.70. The predicted molar refractivity (Wildman–Crippen MR) is 45.6 cm³/mol. The van der Waals surface area contributed by atoms with E-state index in [4.69, 9.17) is 11.5 Å². The summed E-state index contributed by atoms with van der Waals surface area (Å²) in [4.78, 5) is 14.4. The maximum absolute atomic E-state index is 10.5. The zero-order chi connectivity index (χ0) is 8.97. The van der Waals surface area contributed by atoms with Crippen molar-refractivity contribution in [2.45, 2.75) is 0 Å². The molecule has 0 spiro atoms. The van der Waals surface area contributed by atoms with E-state index in [9.17, 15) is 4.79 Å². The molecule has 0 aliphatic rings. The fourth-order valence-electron chi connectivity index (χ4n) is 0.712. The molecule has 1 rings (SSSR count). The largest absolute Gasteiger partial charge is 0.394 e. The predicted octanol–water partition coefficient (Wildman–Crippen LogP) is -0.133. The van der Waals surface area contributed by atoms with Gasteiger partial charge >= 0.3 is 0 Å². The molecule has 0 bridgehead atoms. The van der Waals surface area contributed by atoms with Crippen LogP contribution in [0.2, 0.25) is 0 Å². The van der Waals surface area contributed by atoms with Crippen LogP contribution in [0.25, 0.3) is 6.08 Å². The van der Waals surface area contributed by atoms with Gasteiger partial charge < -0.3 is 11.5 Å². The van der Waals surface area contributed by atoms with Crippen molar-refractivity contribution < 1.29 is 4.79 Å². The molecular weight excluding hydrogens is 154 g/mol. The third-order valence-electron chi connectivity index (χ3n) is 1.29. The molecule has 0 aliphatic carbocycles. The van der Waals surface area contributed by atoms with Crippen LogP contribution in [0.3, 0.4) is 0 Å². The Hall–Kier alpha value is -1.84. The lowest BCUT2D eigenvalue weighted by Crippen LogP contribution is -2.19. The van der Waals surface area contributed by atoms with Crippen LogP contribution in [-0.4, -0.2) is 10.9 Å². The number of pyridine rings is 1. The van der Waals surface area contributed by atoms with Crippen molar-refractivity contribution >= 4 is 12.0 Å². The second kappa shape index (κ2) is 3.52. The third kappa shape index (κ3) is 2.09. The molecule has 0 aromatic carbocycles. The minimum absolute atomic E-state index is 0.0306. The lowest BCUT2D eigenvalue weighted by atomic mass is 10.2. The number of carbonyl (C=O) groups is 1. The van der Waals surface area contributed by atoms with Crippen LogP contribution in [0.15, 0.2) is 30.2 Å². The Morgan fingerprint density at radius 3 is 2.75 bits per heavy atom. The Morgan fingerprint density at radius 1 is 1.50 bits per heavy atom. The van der Waals surface area contributed by atoms with Gasteiger partial charge in [0.05, 0.1) is 5.70 Å². The van der Waals surface area contributed by atoms with E-state index in [-0.39, 0.29) is 5.70 Å². The molecule has 4 N–H and O–H groups in total. The minimum Gasteiger partial charge on any atom is -0.394 e. The van der Waals surface area contributed by atoms with Crippen molar-refractivity contribution in [3.8, 4) is 0 Å². The first kappa shape index (κ1) is 8.26. The molecule has 0 saturated carbocycles. The fourth-order valence-corrected chi connectivity index (χ4v) is 0.712. The maximum Gasteiger partial charge on any atom is 0.264 e. The van der Waals surface area contributed by atoms with E-state index in [1.807, 2.05) is 0 Å². The molecule has 4 nitrogen and oxygen atoms in total. The van der Waals surface area contributed by atoms with Crippen molar-refractivity contribution in [3.63, 3.8) is 0 Å². The van der Waals surface area contributed by atoms with Crippen molar-refractivity contribution in [3.05, 3.63) is 35.8 Å². The average Bonchev–Trinajstić information content (AvgIpc) is 2.06. The van der Waals surface area contributed by atoms with Gasteiger partial charge in [0, 0.05) is 12.4 Å². The standard InChI is InChI=1S/C8H9N3O/c9-7(8(10)12)4-6-2-1-3-11-5-6/h1-5H,9H2,(H2,10,12). The van der Waals surface area contributed by atoms with Crippen LogP contribution in [-0.2, 0) is 4.79 Å². The first-order valence-electron chi connectivity index (χ1n) is 3.37. The second-order valence-corrected chi connectivity index (χ2v) is 2.25. The summed E-state index contributed by atoms with van der Waals surface area (Å²) >= 11 is 0. The Kier molecular flexibility index (Phi) is 2.42. The molecule has 0 saturated heterocycles. The highest BCUT2D eigenvalue weighted by atomic mass is 16.1. The van der Waals surface area contributed by atoms with E-state index in [1.165, 1.54) is 6.08 Å². The monoisotopic (exact) mass is 163 g/mol. The molecule has 1 amide bonds. The summed E-state index contributed by atoms with van der Waals surface area (Å²) in [7, 11) is 0. The van der Waals surface area contributed by atoms with Crippen LogP contribution in [0.4, 0.5) is 0 Å². The summed E-state index contributed by atoms with van der Waals surface area (Å²) in [5, 5.41) is 0. The Bertz CT molecular complexity index is 305. The van der Waals surface area contributed by atoms with Crippen LogP contribution in [0.5, 0.6) is 0 Å². The lowest BCUT2D eigenvalue weighted by Gasteiger charge is -1.94. The number of aromatic nitrogens is 1. The molecular formula is C8H9N3O. The summed E-state index contributed by atoms with van der Waals surface area (Å²) in [6.07, 6.45) is 4.71. The summed E-state index contributed by atoms with van der Waals surface area (Å²) in [5.74, 6) is -0.626. The molecule has 1 aromatic rings. The van der Waals surface area contributed by atoms with E-state index < -0.39 is 5.91 Å². The van der Waals surface area contributed by atoms with E-state index in [0.717, 1.165) is 5.56 Å². The maximum atomic E-state index is 10.5. The highest BCUT2D eigenvalue weighted by Gasteiger charge is 1.97. The van der Waals surface area contributed by atoms with Gasteiger partial charge in [-0.05, 0) is 17.7 Å². The molecule has 0 radical (unpaired) electrons. The van der Waals surface area contributed by atoms with Crippen molar-refractivity contribution in [2.75, 3.05) is 0 Å². The van der Waals surface area contributed by atoms with Crippen LogP contribution < -0.4 is 11.5 Å². The van der Waals surface area contributed by atoms with Gasteiger partial charge in [0.25, 0.3) is 5.91 Å². The Balaban J connectivity index is 2.89. The molecule has 0 fully saturated rings. The van der Waals surface area contributed by atoms with Gasteiger partial charge in [-0.25, -0.2) is 0 Å². The van der Waals surface area contributed by atoms with E-state index in [0.29, 0.717) is 0 Å². The minimum atomic E-state index is -0.626. The van der Waals surface area contributed by atoms with E-state index >= 15 is 0 Å². The third-order valence-corrected chi connectivity index (χ3v) is 1.29. The second-order valence-electron chi connectivity index (χ2n) is 2.25. The molecule has 0 atom stereocenters. The lowest BCUT2D eigenvalue weighted by molar-refractivity contribution is -0.114. The first-order valence-corrected chi connectivity index (χ1v) is 3.37.